The second-order valence-corrected chi connectivity index (χ2v) is 4.96. The molecule has 16 heavy (non-hydrogen) atoms. The highest BCUT2D eigenvalue weighted by molar-refractivity contribution is 5.33. The van der Waals surface area contributed by atoms with Crippen LogP contribution in [0.5, 0.6) is 0 Å². The molecule has 3 fully saturated rings. The van der Waals surface area contributed by atoms with E-state index in [4.69, 9.17) is 0 Å². The summed E-state index contributed by atoms with van der Waals surface area (Å²) < 4.78 is 0. The number of isocyanates is 2. The molecule has 0 aliphatic heterocycles. The number of nitrogens with zero attached hydrogens (tertiary/aromatic N) is 2. The lowest BCUT2D eigenvalue weighted by Crippen LogP contribution is -2.40. The molecule has 0 heterocycles. The highest BCUT2D eigenvalue weighted by atomic mass is 16.1. The highest BCUT2D eigenvalue weighted by Crippen LogP contribution is 2.48. The van der Waals surface area contributed by atoms with Crippen molar-refractivity contribution in [3.8, 4) is 0 Å². The third-order valence-electron chi connectivity index (χ3n) is 4.17. The van der Waals surface area contributed by atoms with Gasteiger partial charge in [0.2, 0.25) is 12.2 Å². The molecule has 4 heteroatoms. The number of hydrogen-bond donors (Lipinski definition) is 0. The second kappa shape index (κ2) is 5.20. The van der Waals surface area contributed by atoms with Gasteiger partial charge < -0.3 is 0 Å². The predicted molar refractivity (Wildman–Crippen MR) is 58.4 cm³/mol. The fourth-order valence-corrected chi connectivity index (χ4v) is 3.55. The van der Waals surface area contributed by atoms with Gasteiger partial charge in [-0.3, -0.25) is 0 Å². The molecule has 0 radical (unpaired) electrons. The smallest absolute Gasteiger partial charge is 0.211 e. The fraction of sp³-hybridized carbons (Fsp3) is 0.833. The Hall–Kier alpha value is -1.24. The largest absolute Gasteiger partial charge is 0.234 e. The molecule has 0 saturated heterocycles. The molecule has 0 aromatic carbocycles. The summed E-state index contributed by atoms with van der Waals surface area (Å²) in [5.74, 6) is 2.32. The van der Waals surface area contributed by atoms with Crippen LogP contribution in [0.2, 0.25) is 0 Å². The van der Waals surface area contributed by atoms with Gasteiger partial charge in [0.05, 0.1) is 13.1 Å². The summed E-state index contributed by atoms with van der Waals surface area (Å²) >= 11 is 0. The minimum absolute atomic E-state index is 0.501. The molecule has 3 rings (SSSR count). The summed E-state index contributed by atoms with van der Waals surface area (Å²) in [7, 11) is 0. The van der Waals surface area contributed by atoms with Crippen LogP contribution in [0.3, 0.4) is 0 Å². The Morgan fingerprint density at radius 2 is 1.50 bits per heavy atom. The first-order valence-corrected chi connectivity index (χ1v) is 5.92. The maximum Gasteiger partial charge on any atom is 0.234 e. The molecular weight excluding hydrogens is 204 g/mol. The number of fused-ring (bicyclic) bond motifs is 3. The Balaban J connectivity index is 2.01. The number of aliphatic imine (C=N–C) groups is 2. The van der Waals surface area contributed by atoms with Gasteiger partial charge in [0.15, 0.2) is 0 Å². The van der Waals surface area contributed by atoms with Crippen LogP contribution in [-0.2, 0) is 9.59 Å². The molecule has 2 unspecified atom stereocenters. The zero-order valence-corrected chi connectivity index (χ0v) is 9.26. The molecule has 86 valence electrons. The monoisotopic (exact) mass is 220 g/mol. The third kappa shape index (κ3) is 2.29. The Bertz CT molecular complexity index is 313. The molecule has 0 spiro atoms. The van der Waals surface area contributed by atoms with E-state index >= 15 is 0 Å². The van der Waals surface area contributed by atoms with Crippen molar-refractivity contribution in [1.82, 2.24) is 0 Å². The van der Waals surface area contributed by atoms with Crippen LogP contribution in [0, 0.1) is 23.7 Å². The Kier molecular flexibility index (Phi) is 3.66. The average molecular weight is 220 g/mol. The van der Waals surface area contributed by atoms with E-state index in [1.165, 1.54) is 25.7 Å². The van der Waals surface area contributed by atoms with Gasteiger partial charge in [-0.05, 0) is 42.9 Å². The van der Waals surface area contributed by atoms with Crippen LogP contribution in [0.15, 0.2) is 9.98 Å². The van der Waals surface area contributed by atoms with Crippen LogP contribution in [0.1, 0.15) is 25.7 Å². The van der Waals surface area contributed by atoms with E-state index < -0.39 is 0 Å². The molecule has 3 saturated carbocycles. The summed E-state index contributed by atoms with van der Waals surface area (Å²) in [4.78, 5) is 27.7. The van der Waals surface area contributed by atoms with E-state index in [2.05, 4.69) is 9.98 Å². The molecule has 4 nitrogen and oxygen atoms in total. The van der Waals surface area contributed by atoms with Crippen LogP contribution in [0.4, 0.5) is 0 Å². The lowest BCUT2D eigenvalue weighted by Gasteiger charge is -2.46. The molecule has 2 bridgehead atoms. The van der Waals surface area contributed by atoms with Gasteiger partial charge in [-0.25, -0.2) is 19.6 Å². The van der Waals surface area contributed by atoms with Crippen molar-refractivity contribution in [2.24, 2.45) is 33.7 Å². The zero-order chi connectivity index (χ0) is 11.4. The second-order valence-electron chi connectivity index (χ2n) is 4.96. The van der Waals surface area contributed by atoms with Crippen molar-refractivity contribution in [3.63, 3.8) is 0 Å². The van der Waals surface area contributed by atoms with Gasteiger partial charge in [0.25, 0.3) is 0 Å². The maximum atomic E-state index is 10.1. The normalized spacial score (nSPS) is 36.2. The van der Waals surface area contributed by atoms with Gasteiger partial charge in [-0.2, -0.15) is 0 Å². The highest BCUT2D eigenvalue weighted by Gasteiger charge is 2.41. The van der Waals surface area contributed by atoms with Crippen molar-refractivity contribution in [2.45, 2.75) is 25.7 Å². The van der Waals surface area contributed by atoms with E-state index in [-0.39, 0.29) is 0 Å². The molecule has 3 aliphatic carbocycles. The molecular formula is C12H16N2O2. The first kappa shape index (κ1) is 11.3. The van der Waals surface area contributed by atoms with Gasteiger partial charge in [0, 0.05) is 0 Å². The number of carbonyl (C=O) groups excluding carboxylic acids is 2. The average Bonchev–Trinajstić information content (AvgIpc) is 2.34. The summed E-state index contributed by atoms with van der Waals surface area (Å²) in [5, 5.41) is 0. The van der Waals surface area contributed by atoms with E-state index in [0.29, 0.717) is 30.8 Å². The van der Waals surface area contributed by atoms with Crippen LogP contribution < -0.4 is 0 Å². The summed E-state index contributed by atoms with van der Waals surface area (Å²) in [6, 6.07) is 0. The van der Waals surface area contributed by atoms with Crippen molar-refractivity contribution < 1.29 is 9.59 Å². The Morgan fingerprint density at radius 1 is 0.938 bits per heavy atom. The van der Waals surface area contributed by atoms with Gasteiger partial charge in [-0.15, -0.1) is 0 Å². The topological polar surface area (TPSA) is 58.9 Å². The summed E-state index contributed by atoms with van der Waals surface area (Å²) in [5.41, 5.74) is 0. The van der Waals surface area contributed by atoms with Gasteiger partial charge in [-0.1, -0.05) is 6.42 Å². The minimum Gasteiger partial charge on any atom is -0.211 e. The standard InChI is InChI=1S/C12H16N2O2/c15-7-13-5-10-3-9-1-2-12(10)11(4-9)6-14-8-16/h9-12H,1-6H2. The molecule has 0 amide bonds. The lowest BCUT2D eigenvalue weighted by molar-refractivity contribution is 0.0457. The molecule has 0 aromatic heterocycles. The molecule has 0 aromatic rings. The van der Waals surface area contributed by atoms with Crippen LogP contribution in [-0.4, -0.2) is 25.2 Å². The van der Waals surface area contributed by atoms with Gasteiger partial charge in [0.1, 0.15) is 0 Å². The SMILES string of the molecule is O=C=NCC1CC2CCC1C(CN=C=O)C2. The van der Waals surface area contributed by atoms with Crippen molar-refractivity contribution >= 4 is 12.2 Å². The number of rotatable bonds is 4. The van der Waals surface area contributed by atoms with Crippen molar-refractivity contribution in [3.05, 3.63) is 0 Å². The molecule has 0 N–H and O–H groups in total. The van der Waals surface area contributed by atoms with Crippen molar-refractivity contribution in [1.29, 1.82) is 0 Å². The zero-order valence-electron chi connectivity index (χ0n) is 9.26. The maximum absolute atomic E-state index is 10.1. The minimum atomic E-state index is 0.501. The molecule has 3 aliphatic rings. The van der Waals surface area contributed by atoms with E-state index in [1.807, 2.05) is 0 Å². The van der Waals surface area contributed by atoms with Crippen molar-refractivity contribution in [2.75, 3.05) is 13.1 Å². The molecule has 2 atom stereocenters. The Morgan fingerprint density at radius 3 is 1.94 bits per heavy atom. The van der Waals surface area contributed by atoms with E-state index in [9.17, 15) is 9.59 Å². The predicted octanol–water partition coefficient (Wildman–Crippen LogP) is 1.71. The quantitative estimate of drug-likeness (QED) is 0.535. The number of hydrogen-bond acceptors (Lipinski definition) is 4. The summed E-state index contributed by atoms with van der Waals surface area (Å²) in [6.45, 7) is 1.21. The first-order chi connectivity index (χ1) is 7.85. The van der Waals surface area contributed by atoms with Gasteiger partial charge >= 0.3 is 0 Å². The van der Waals surface area contributed by atoms with Crippen LogP contribution >= 0.6 is 0 Å². The fourth-order valence-electron chi connectivity index (χ4n) is 3.55. The van der Waals surface area contributed by atoms with E-state index in [0.717, 1.165) is 5.92 Å². The third-order valence-corrected chi connectivity index (χ3v) is 4.17. The van der Waals surface area contributed by atoms with Crippen LogP contribution in [0.25, 0.3) is 0 Å². The first-order valence-electron chi connectivity index (χ1n) is 5.92. The Labute approximate surface area is 94.9 Å². The lowest BCUT2D eigenvalue weighted by atomic mass is 9.59. The summed E-state index contributed by atoms with van der Waals surface area (Å²) in [6.07, 6.45) is 8.08. The van der Waals surface area contributed by atoms with E-state index in [1.54, 1.807) is 12.2 Å².